The zero-order valence-corrected chi connectivity index (χ0v) is 10.9. The standard InChI is InChI=1S/C12H11ClFNOS/c1-6-3-7(2)10(8(14)4-6)11(16)12-15-5-9(13)17-12/h3-5,11,16H,1-2H3. The van der Waals surface area contributed by atoms with Gasteiger partial charge in [0.25, 0.3) is 0 Å². The van der Waals surface area contributed by atoms with Crippen LogP contribution in [0.15, 0.2) is 18.3 Å². The van der Waals surface area contributed by atoms with Crippen molar-refractivity contribution in [2.24, 2.45) is 0 Å². The minimum Gasteiger partial charge on any atom is -0.381 e. The normalized spacial score (nSPS) is 12.8. The SMILES string of the molecule is Cc1cc(C)c(C(O)c2ncc(Cl)s2)c(F)c1. The molecule has 0 aliphatic carbocycles. The van der Waals surface area contributed by atoms with Crippen LogP contribution >= 0.6 is 22.9 Å². The van der Waals surface area contributed by atoms with E-state index in [0.717, 1.165) is 16.9 Å². The molecule has 0 bridgehead atoms. The predicted octanol–water partition coefficient (Wildman–Crippen LogP) is 3.63. The highest BCUT2D eigenvalue weighted by Gasteiger charge is 2.20. The summed E-state index contributed by atoms with van der Waals surface area (Å²) < 4.78 is 14.3. The van der Waals surface area contributed by atoms with E-state index < -0.39 is 11.9 Å². The lowest BCUT2D eigenvalue weighted by Gasteiger charge is -2.13. The fraction of sp³-hybridized carbons (Fsp3) is 0.250. The van der Waals surface area contributed by atoms with Gasteiger partial charge in [-0.15, -0.1) is 11.3 Å². The maximum atomic E-state index is 13.8. The van der Waals surface area contributed by atoms with E-state index >= 15 is 0 Å². The van der Waals surface area contributed by atoms with Gasteiger partial charge in [0.15, 0.2) is 0 Å². The van der Waals surface area contributed by atoms with Crippen LogP contribution in [-0.2, 0) is 0 Å². The molecule has 0 saturated carbocycles. The van der Waals surface area contributed by atoms with Crippen LogP contribution in [0.25, 0.3) is 0 Å². The Morgan fingerprint density at radius 1 is 1.41 bits per heavy atom. The molecule has 1 N–H and O–H groups in total. The van der Waals surface area contributed by atoms with E-state index in [-0.39, 0.29) is 5.56 Å². The third-order valence-corrected chi connectivity index (χ3v) is 3.65. The van der Waals surface area contributed by atoms with Crippen molar-refractivity contribution in [1.82, 2.24) is 4.98 Å². The molecule has 5 heteroatoms. The van der Waals surface area contributed by atoms with Gasteiger partial charge in [0.1, 0.15) is 21.3 Å². The molecule has 2 nitrogen and oxygen atoms in total. The summed E-state index contributed by atoms with van der Waals surface area (Å²) in [5, 5.41) is 10.5. The summed E-state index contributed by atoms with van der Waals surface area (Å²) in [6, 6.07) is 3.23. The summed E-state index contributed by atoms with van der Waals surface area (Å²) in [5.74, 6) is -0.415. The summed E-state index contributed by atoms with van der Waals surface area (Å²) in [6.07, 6.45) is 0.389. The molecule has 1 heterocycles. The highest BCUT2D eigenvalue weighted by Crippen LogP contribution is 2.31. The molecule has 90 valence electrons. The number of halogens is 2. The van der Waals surface area contributed by atoms with E-state index in [4.69, 9.17) is 11.6 Å². The number of aromatic nitrogens is 1. The number of aliphatic hydroxyl groups is 1. The maximum absolute atomic E-state index is 13.8. The van der Waals surface area contributed by atoms with Crippen LogP contribution in [0, 0.1) is 19.7 Å². The van der Waals surface area contributed by atoms with Gasteiger partial charge < -0.3 is 5.11 Å². The van der Waals surface area contributed by atoms with Crippen molar-refractivity contribution in [3.05, 3.63) is 50.2 Å². The van der Waals surface area contributed by atoms with Crippen molar-refractivity contribution < 1.29 is 9.50 Å². The highest BCUT2D eigenvalue weighted by atomic mass is 35.5. The molecule has 0 amide bonds. The van der Waals surface area contributed by atoms with Gasteiger partial charge in [-0.2, -0.15) is 0 Å². The zero-order chi connectivity index (χ0) is 12.6. The average molecular weight is 272 g/mol. The number of hydrogen-bond acceptors (Lipinski definition) is 3. The minimum atomic E-state index is -1.06. The molecule has 17 heavy (non-hydrogen) atoms. The summed E-state index contributed by atoms with van der Waals surface area (Å²) in [7, 11) is 0. The lowest BCUT2D eigenvalue weighted by atomic mass is 10.0. The van der Waals surface area contributed by atoms with E-state index in [9.17, 15) is 9.50 Å². The number of aryl methyl sites for hydroxylation is 2. The summed E-state index contributed by atoms with van der Waals surface area (Å²) >= 11 is 6.90. The molecule has 0 spiro atoms. The first kappa shape index (κ1) is 12.5. The molecule has 2 aromatic rings. The Labute approximate surface area is 108 Å². The Kier molecular flexibility index (Phi) is 3.47. The van der Waals surface area contributed by atoms with Crippen molar-refractivity contribution in [2.45, 2.75) is 20.0 Å². The third-order valence-electron chi connectivity index (χ3n) is 2.48. The fourth-order valence-electron chi connectivity index (χ4n) is 1.79. The van der Waals surface area contributed by atoms with E-state index in [1.165, 1.54) is 12.3 Å². The summed E-state index contributed by atoms with van der Waals surface area (Å²) in [4.78, 5) is 3.97. The largest absolute Gasteiger partial charge is 0.381 e. The first-order valence-corrected chi connectivity index (χ1v) is 6.24. The number of nitrogens with zero attached hydrogens (tertiary/aromatic N) is 1. The third kappa shape index (κ3) is 2.49. The topological polar surface area (TPSA) is 33.1 Å². The van der Waals surface area contributed by atoms with E-state index in [1.54, 1.807) is 6.92 Å². The lowest BCUT2D eigenvalue weighted by Crippen LogP contribution is -2.05. The van der Waals surface area contributed by atoms with Crippen LogP contribution < -0.4 is 0 Å². The van der Waals surface area contributed by atoms with Crippen LogP contribution in [0.5, 0.6) is 0 Å². The molecule has 1 unspecified atom stereocenters. The van der Waals surface area contributed by atoms with Crippen LogP contribution in [0.1, 0.15) is 27.8 Å². The zero-order valence-electron chi connectivity index (χ0n) is 9.37. The molecule has 1 aromatic heterocycles. The van der Waals surface area contributed by atoms with Gasteiger partial charge in [-0.1, -0.05) is 17.7 Å². The maximum Gasteiger partial charge on any atom is 0.134 e. The molecule has 1 atom stereocenters. The number of benzene rings is 1. The Hall–Kier alpha value is -0.970. The van der Waals surface area contributed by atoms with Crippen LogP contribution in [0.4, 0.5) is 4.39 Å². The van der Waals surface area contributed by atoms with Gasteiger partial charge in [0, 0.05) is 5.56 Å². The average Bonchev–Trinajstić information content (AvgIpc) is 2.63. The Morgan fingerprint density at radius 2 is 2.12 bits per heavy atom. The van der Waals surface area contributed by atoms with Gasteiger partial charge in [0.05, 0.1) is 6.20 Å². The van der Waals surface area contributed by atoms with Gasteiger partial charge in [0.2, 0.25) is 0 Å². The monoisotopic (exact) mass is 271 g/mol. The molecule has 1 aromatic carbocycles. The fourth-order valence-corrected chi connectivity index (χ4v) is 2.72. The van der Waals surface area contributed by atoms with E-state index in [0.29, 0.717) is 14.9 Å². The van der Waals surface area contributed by atoms with Gasteiger partial charge in [-0.3, -0.25) is 0 Å². The Morgan fingerprint density at radius 3 is 2.65 bits per heavy atom. The first-order valence-electron chi connectivity index (χ1n) is 5.05. The molecule has 0 saturated heterocycles. The van der Waals surface area contributed by atoms with Crippen LogP contribution in [-0.4, -0.2) is 10.1 Å². The molecular formula is C12H11ClFNOS. The molecular weight excluding hydrogens is 261 g/mol. The van der Waals surface area contributed by atoms with Crippen molar-refractivity contribution in [1.29, 1.82) is 0 Å². The second-order valence-corrected chi connectivity index (χ2v) is 5.58. The van der Waals surface area contributed by atoms with Crippen molar-refractivity contribution in [3.63, 3.8) is 0 Å². The first-order chi connectivity index (χ1) is 7.99. The number of aliphatic hydroxyl groups excluding tert-OH is 1. The number of hydrogen-bond donors (Lipinski definition) is 1. The molecule has 0 aliphatic heterocycles. The molecule has 0 radical (unpaired) electrons. The van der Waals surface area contributed by atoms with Gasteiger partial charge in [-0.05, 0) is 31.0 Å². The predicted molar refractivity (Wildman–Crippen MR) is 67.1 cm³/mol. The molecule has 2 rings (SSSR count). The highest BCUT2D eigenvalue weighted by molar-refractivity contribution is 7.15. The summed E-state index contributed by atoms with van der Waals surface area (Å²) in [6.45, 7) is 3.58. The summed E-state index contributed by atoms with van der Waals surface area (Å²) in [5.41, 5.74) is 1.80. The Bertz CT molecular complexity index is 532. The van der Waals surface area contributed by atoms with Crippen LogP contribution in [0.3, 0.4) is 0 Å². The number of rotatable bonds is 2. The van der Waals surface area contributed by atoms with Crippen LogP contribution in [0.2, 0.25) is 4.34 Å². The van der Waals surface area contributed by atoms with Crippen molar-refractivity contribution >= 4 is 22.9 Å². The molecule has 0 aliphatic rings. The van der Waals surface area contributed by atoms with Crippen molar-refractivity contribution in [3.8, 4) is 0 Å². The van der Waals surface area contributed by atoms with Gasteiger partial charge >= 0.3 is 0 Å². The minimum absolute atomic E-state index is 0.265. The Balaban J connectivity index is 2.47. The molecule has 0 fully saturated rings. The second kappa shape index (κ2) is 4.72. The van der Waals surface area contributed by atoms with E-state index in [2.05, 4.69) is 4.98 Å². The lowest BCUT2D eigenvalue weighted by molar-refractivity contribution is 0.213. The van der Waals surface area contributed by atoms with Gasteiger partial charge in [-0.25, -0.2) is 9.37 Å². The van der Waals surface area contributed by atoms with E-state index in [1.807, 2.05) is 13.0 Å². The number of thiazole rings is 1. The smallest absolute Gasteiger partial charge is 0.134 e. The quantitative estimate of drug-likeness (QED) is 0.905. The van der Waals surface area contributed by atoms with Crippen molar-refractivity contribution in [2.75, 3.05) is 0 Å². The second-order valence-electron chi connectivity index (χ2n) is 3.88.